The molecule has 5 rings (SSSR count). The minimum Gasteiger partial charge on any atom is -0.459 e. The summed E-state index contributed by atoms with van der Waals surface area (Å²) in [6.45, 7) is 1.25. The van der Waals surface area contributed by atoms with Gasteiger partial charge in [0.25, 0.3) is 5.91 Å². The molecule has 0 spiro atoms. The smallest absolute Gasteiger partial charge is 0.289 e. The van der Waals surface area contributed by atoms with Gasteiger partial charge in [0, 0.05) is 32.7 Å². The number of rotatable bonds is 4. The van der Waals surface area contributed by atoms with Gasteiger partial charge >= 0.3 is 0 Å². The van der Waals surface area contributed by atoms with Gasteiger partial charge in [-0.3, -0.25) is 9.59 Å². The molecule has 0 saturated carbocycles. The van der Waals surface area contributed by atoms with Crippen LogP contribution < -0.4 is 0 Å². The van der Waals surface area contributed by atoms with E-state index in [4.69, 9.17) is 4.42 Å². The molecule has 0 N–H and O–H groups in total. The second-order valence-electron chi connectivity index (χ2n) is 8.59. The number of hydrogen-bond donors (Lipinski definition) is 0. The van der Waals surface area contributed by atoms with Crippen LogP contribution in [0.1, 0.15) is 21.7 Å². The predicted molar refractivity (Wildman–Crippen MR) is 124 cm³/mol. The average molecular weight is 498 g/mol. The van der Waals surface area contributed by atoms with Crippen LogP contribution in [0.3, 0.4) is 0 Å². The van der Waals surface area contributed by atoms with E-state index in [9.17, 15) is 22.4 Å². The minimum atomic E-state index is -4.07. The zero-order valence-corrected chi connectivity index (χ0v) is 19.7. The van der Waals surface area contributed by atoms with Crippen LogP contribution in [0.2, 0.25) is 0 Å². The molecule has 1 fully saturated rings. The zero-order valence-electron chi connectivity index (χ0n) is 18.8. The quantitative estimate of drug-likeness (QED) is 0.553. The van der Waals surface area contributed by atoms with E-state index in [0.717, 1.165) is 23.3 Å². The number of halogens is 1. The van der Waals surface area contributed by atoms with E-state index in [2.05, 4.69) is 0 Å². The van der Waals surface area contributed by atoms with Crippen molar-refractivity contribution in [1.82, 2.24) is 14.1 Å². The Morgan fingerprint density at radius 2 is 1.51 bits per heavy atom. The Morgan fingerprint density at radius 1 is 0.857 bits per heavy atom. The Bertz CT molecular complexity index is 1330. The summed E-state index contributed by atoms with van der Waals surface area (Å²) in [7, 11) is -4.07. The number of fused-ring (bicyclic) bond motifs is 1. The van der Waals surface area contributed by atoms with E-state index in [1.165, 1.54) is 22.7 Å². The molecule has 2 amide bonds. The summed E-state index contributed by atoms with van der Waals surface area (Å²) in [6.07, 6.45) is 1.67. The maximum Gasteiger partial charge on any atom is 0.289 e. The number of carbonyl (C=O) groups is 2. The Balaban J connectivity index is 1.38. The van der Waals surface area contributed by atoms with Crippen molar-refractivity contribution < 1.29 is 26.8 Å². The number of hydrogen-bond acceptors (Lipinski definition) is 5. The van der Waals surface area contributed by atoms with E-state index in [-0.39, 0.29) is 48.5 Å². The van der Waals surface area contributed by atoms with Crippen molar-refractivity contribution in [1.29, 1.82) is 0 Å². The van der Waals surface area contributed by atoms with Gasteiger partial charge in [-0.2, -0.15) is 4.31 Å². The van der Waals surface area contributed by atoms with Gasteiger partial charge in [0.1, 0.15) is 11.9 Å². The summed E-state index contributed by atoms with van der Waals surface area (Å²) in [5, 5.41) is 0. The number of nitrogens with zero attached hydrogens (tertiary/aromatic N) is 3. The highest BCUT2D eigenvalue weighted by Gasteiger charge is 2.42. The highest BCUT2D eigenvalue weighted by molar-refractivity contribution is 7.89. The summed E-state index contributed by atoms with van der Waals surface area (Å²) in [5.74, 6) is -0.850. The number of sulfonamides is 1. The lowest BCUT2D eigenvalue weighted by atomic mass is 9.95. The van der Waals surface area contributed by atoms with Crippen molar-refractivity contribution in [2.45, 2.75) is 23.9 Å². The third-order valence-corrected chi connectivity index (χ3v) is 8.39. The molecule has 2 aliphatic heterocycles. The first kappa shape index (κ1) is 23.3. The first-order chi connectivity index (χ1) is 16.8. The fraction of sp³-hybridized carbons (Fsp3) is 0.280. The highest BCUT2D eigenvalue weighted by atomic mass is 32.2. The molecule has 35 heavy (non-hydrogen) atoms. The van der Waals surface area contributed by atoms with Crippen molar-refractivity contribution in [3.63, 3.8) is 0 Å². The van der Waals surface area contributed by atoms with Gasteiger partial charge < -0.3 is 14.2 Å². The summed E-state index contributed by atoms with van der Waals surface area (Å²) in [4.78, 5) is 29.4. The summed E-state index contributed by atoms with van der Waals surface area (Å²) in [5.41, 5.74) is 1.75. The topological polar surface area (TPSA) is 91.1 Å². The molecule has 3 aromatic rings. The zero-order chi connectivity index (χ0) is 24.6. The van der Waals surface area contributed by atoms with Crippen LogP contribution in [0.15, 0.2) is 76.2 Å². The fourth-order valence-corrected chi connectivity index (χ4v) is 6.16. The molecular formula is C25H24FN3O5S. The molecule has 2 aromatic carbocycles. The molecule has 0 bridgehead atoms. The molecule has 3 heterocycles. The van der Waals surface area contributed by atoms with Gasteiger partial charge in [-0.05, 0) is 53.9 Å². The van der Waals surface area contributed by atoms with Crippen LogP contribution in [0, 0.1) is 5.82 Å². The van der Waals surface area contributed by atoms with Crippen molar-refractivity contribution >= 4 is 21.8 Å². The van der Waals surface area contributed by atoms with Gasteiger partial charge in [0.2, 0.25) is 15.9 Å². The van der Waals surface area contributed by atoms with E-state index < -0.39 is 21.9 Å². The third-order valence-electron chi connectivity index (χ3n) is 6.52. The van der Waals surface area contributed by atoms with Crippen molar-refractivity contribution in [2.75, 3.05) is 26.2 Å². The maximum absolute atomic E-state index is 13.6. The lowest BCUT2D eigenvalue weighted by Gasteiger charge is -2.40. The molecule has 0 unspecified atom stereocenters. The van der Waals surface area contributed by atoms with Crippen molar-refractivity contribution in [3.05, 3.63) is 89.6 Å². The molecular weight excluding hydrogens is 473 g/mol. The first-order valence-corrected chi connectivity index (χ1v) is 12.7. The molecule has 182 valence electrons. The number of benzene rings is 2. The number of carbonyl (C=O) groups excluding carboxylic acids is 2. The van der Waals surface area contributed by atoms with Gasteiger partial charge in [-0.1, -0.05) is 24.3 Å². The normalized spacial score (nSPS) is 18.8. The monoisotopic (exact) mass is 497 g/mol. The fourth-order valence-electron chi connectivity index (χ4n) is 4.60. The predicted octanol–water partition coefficient (Wildman–Crippen LogP) is 2.52. The maximum atomic E-state index is 13.6. The standard InChI is InChI=1S/C25H24FN3O5S/c26-20-7-9-21(10-8-20)35(32,33)29-17-19-5-2-1-4-18(19)16-22(29)24(30)27-11-13-28(14-12-27)25(31)23-6-3-15-34-23/h1-10,15,22H,11-14,16-17H2/t22-/m1/s1. The first-order valence-electron chi connectivity index (χ1n) is 11.3. The van der Waals surface area contributed by atoms with E-state index in [0.29, 0.717) is 13.1 Å². The van der Waals surface area contributed by atoms with E-state index >= 15 is 0 Å². The second kappa shape index (κ2) is 9.27. The Kier molecular flexibility index (Phi) is 6.16. The van der Waals surface area contributed by atoms with Crippen LogP contribution in [0.25, 0.3) is 0 Å². The molecule has 0 radical (unpaired) electrons. The molecule has 10 heteroatoms. The van der Waals surface area contributed by atoms with Gasteiger partial charge in [0.15, 0.2) is 5.76 Å². The van der Waals surface area contributed by atoms with Gasteiger partial charge in [-0.15, -0.1) is 0 Å². The average Bonchev–Trinajstić information content (AvgIpc) is 3.42. The number of furan rings is 1. The van der Waals surface area contributed by atoms with Gasteiger partial charge in [0.05, 0.1) is 11.2 Å². The second-order valence-corrected chi connectivity index (χ2v) is 10.5. The Labute approximate surface area is 202 Å². The molecule has 1 aromatic heterocycles. The summed E-state index contributed by atoms with van der Waals surface area (Å²) >= 11 is 0. The Hall–Kier alpha value is -3.50. The minimum absolute atomic E-state index is 0.0449. The lowest BCUT2D eigenvalue weighted by Crippen LogP contribution is -2.58. The SMILES string of the molecule is O=C(c1ccco1)N1CCN(C(=O)[C@H]2Cc3ccccc3CN2S(=O)(=O)c2ccc(F)cc2)CC1. The number of piperazine rings is 1. The van der Waals surface area contributed by atoms with Crippen LogP contribution in [0.4, 0.5) is 4.39 Å². The molecule has 0 aliphatic carbocycles. The summed E-state index contributed by atoms with van der Waals surface area (Å²) in [6, 6.07) is 14.4. The van der Waals surface area contributed by atoms with Gasteiger partial charge in [-0.25, -0.2) is 12.8 Å². The molecule has 1 atom stereocenters. The van der Waals surface area contributed by atoms with Crippen LogP contribution >= 0.6 is 0 Å². The highest BCUT2D eigenvalue weighted by Crippen LogP contribution is 2.30. The molecule has 1 saturated heterocycles. The van der Waals surface area contributed by atoms with E-state index in [1.54, 1.807) is 21.9 Å². The third kappa shape index (κ3) is 4.46. The lowest BCUT2D eigenvalue weighted by molar-refractivity contribution is -0.137. The van der Waals surface area contributed by atoms with Crippen LogP contribution in [-0.4, -0.2) is 66.6 Å². The van der Waals surface area contributed by atoms with Crippen molar-refractivity contribution in [2.24, 2.45) is 0 Å². The molecule has 8 nitrogen and oxygen atoms in total. The van der Waals surface area contributed by atoms with Crippen molar-refractivity contribution in [3.8, 4) is 0 Å². The summed E-state index contributed by atoms with van der Waals surface area (Å²) < 4.78 is 46.9. The Morgan fingerprint density at radius 3 is 2.17 bits per heavy atom. The van der Waals surface area contributed by atoms with Crippen LogP contribution in [0.5, 0.6) is 0 Å². The number of amides is 2. The van der Waals surface area contributed by atoms with Crippen LogP contribution in [-0.2, 0) is 27.8 Å². The van der Waals surface area contributed by atoms with E-state index in [1.807, 2.05) is 24.3 Å². The largest absolute Gasteiger partial charge is 0.459 e. The molecule has 2 aliphatic rings.